The second kappa shape index (κ2) is 7.68. The van der Waals surface area contributed by atoms with Gasteiger partial charge in [0.2, 0.25) is 0 Å². The average Bonchev–Trinajstić information content (AvgIpc) is 2.80. The molecule has 22 heavy (non-hydrogen) atoms. The van der Waals surface area contributed by atoms with Gasteiger partial charge in [-0.15, -0.1) is 0 Å². The van der Waals surface area contributed by atoms with Crippen molar-refractivity contribution in [3.63, 3.8) is 0 Å². The van der Waals surface area contributed by atoms with Crippen LogP contribution < -0.4 is 5.32 Å². The highest BCUT2D eigenvalue weighted by molar-refractivity contribution is 8.01. The van der Waals surface area contributed by atoms with E-state index in [1.54, 1.807) is 11.8 Å². The van der Waals surface area contributed by atoms with Gasteiger partial charge >= 0.3 is 0 Å². The van der Waals surface area contributed by atoms with E-state index < -0.39 is 5.06 Å². The zero-order valence-corrected chi connectivity index (χ0v) is 14.8. The Morgan fingerprint density at radius 1 is 1.32 bits per heavy atom. The zero-order valence-electron chi connectivity index (χ0n) is 14.0. The summed E-state index contributed by atoms with van der Waals surface area (Å²) in [6.07, 6.45) is 0.873. The van der Waals surface area contributed by atoms with Crippen LogP contribution in [0.5, 0.6) is 0 Å². The summed E-state index contributed by atoms with van der Waals surface area (Å²) in [4.78, 5) is 3.38. The predicted molar refractivity (Wildman–Crippen MR) is 93.0 cm³/mol. The van der Waals surface area contributed by atoms with Crippen LogP contribution in [-0.4, -0.2) is 41.0 Å². The van der Waals surface area contributed by atoms with E-state index in [1.165, 1.54) is 4.90 Å². The second-order valence-electron chi connectivity index (χ2n) is 6.14. The molecule has 1 aliphatic rings. The number of benzene rings is 1. The van der Waals surface area contributed by atoms with Gasteiger partial charge in [0.15, 0.2) is 5.06 Å². The number of likely N-dealkylation sites (N-methyl/N-ethyl adjacent to an activating group) is 1. The molecule has 0 amide bonds. The summed E-state index contributed by atoms with van der Waals surface area (Å²) in [6.45, 7) is 10.2. The number of aliphatic hydroxyl groups excluding tert-OH is 1. The Labute approximate surface area is 138 Å². The highest BCUT2D eigenvalue weighted by Gasteiger charge is 2.41. The molecule has 5 heteroatoms. The summed E-state index contributed by atoms with van der Waals surface area (Å²) in [5, 5.41) is 12.4. The number of nitrogens with zero attached hydrogens (tertiary/aromatic N) is 1. The molecule has 4 nitrogen and oxygen atoms in total. The first-order chi connectivity index (χ1) is 10.5. The first-order valence-corrected chi connectivity index (χ1v) is 8.90. The van der Waals surface area contributed by atoms with E-state index in [0.717, 1.165) is 18.7 Å². The fourth-order valence-corrected chi connectivity index (χ4v) is 4.37. The molecule has 0 saturated carbocycles. The van der Waals surface area contributed by atoms with Crippen LogP contribution in [0.2, 0.25) is 0 Å². The summed E-state index contributed by atoms with van der Waals surface area (Å²) < 4.78 is 6.46. The van der Waals surface area contributed by atoms with Gasteiger partial charge in [-0.25, -0.2) is 0 Å². The molecule has 2 unspecified atom stereocenters. The van der Waals surface area contributed by atoms with Crippen molar-refractivity contribution in [3.8, 4) is 0 Å². The number of hydrogen-bond donors (Lipinski definition) is 2. The molecule has 1 aromatic rings. The number of anilines is 1. The molecule has 2 rings (SSSR count). The number of fused-ring (bicyclic) bond motifs is 1. The summed E-state index contributed by atoms with van der Waals surface area (Å²) in [5.41, 5.74) is 1.14. The van der Waals surface area contributed by atoms with E-state index in [0.29, 0.717) is 12.5 Å². The van der Waals surface area contributed by atoms with Gasteiger partial charge in [0, 0.05) is 17.9 Å². The Morgan fingerprint density at radius 2 is 2.05 bits per heavy atom. The minimum absolute atomic E-state index is 0.0507. The Kier molecular flexibility index (Phi) is 6.15. The van der Waals surface area contributed by atoms with E-state index in [-0.39, 0.29) is 12.8 Å². The number of aliphatic hydroxyl groups is 1. The number of nitrogens with one attached hydrogen (secondary N) is 1. The molecule has 0 aliphatic carbocycles. The maximum Gasteiger partial charge on any atom is 0.193 e. The largest absolute Gasteiger partial charge is 0.395 e. The summed E-state index contributed by atoms with van der Waals surface area (Å²) in [5.74, 6) is 0.523. The van der Waals surface area contributed by atoms with Gasteiger partial charge in [0.25, 0.3) is 0 Å². The third-order valence-electron chi connectivity index (χ3n) is 3.83. The highest BCUT2D eigenvalue weighted by Crippen LogP contribution is 2.49. The molecule has 2 N–H and O–H groups in total. The molecule has 0 saturated heterocycles. The number of ether oxygens (including phenoxy) is 1. The van der Waals surface area contributed by atoms with Crippen LogP contribution in [0.4, 0.5) is 5.69 Å². The Balaban J connectivity index is 2.14. The van der Waals surface area contributed by atoms with Gasteiger partial charge in [-0.3, -0.25) is 4.90 Å². The fraction of sp³-hybridized carbons (Fsp3) is 0.647. The van der Waals surface area contributed by atoms with Crippen LogP contribution in [0.25, 0.3) is 0 Å². The smallest absolute Gasteiger partial charge is 0.193 e. The van der Waals surface area contributed by atoms with Gasteiger partial charge in [0.1, 0.15) is 6.23 Å². The van der Waals surface area contributed by atoms with Crippen molar-refractivity contribution >= 4 is 17.4 Å². The number of thioether (sulfide) groups is 1. The second-order valence-corrected chi connectivity index (χ2v) is 7.45. The van der Waals surface area contributed by atoms with Gasteiger partial charge in [-0.2, -0.15) is 0 Å². The van der Waals surface area contributed by atoms with Crippen LogP contribution in [0.3, 0.4) is 0 Å². The molecule has 0 bridgehead atoms. The first-order valence-electron chi connectivity index (χ1n) is 8.08. The van der Waals surface area contributed by atoms with Crippen molar-refractivity contribution in [2.75, 3.05) is 25.0 Å². The lowest BCUT2D eigenvalue weighted by Crippen LogP contribution is -2.46. The minimum Gasteiger partial charge on any atom is -0.395 e. The summed E-state index contributed by atoms with van der Waals surface area (Å²) in [6, 6.07) is 8.34. The van der Waals surface area contributed by atoms with Gasteiger partial charge < -0.3 is 15.2 Å². The molecule has 0 spiro atoms. The Hall–Kier alpha value is -0.750. The van der Waals surface area contributed by atoms with Crippen molar-refractivity contribution in [2.24, 2.45) is 5.92 Å². The van der Waals surface area contributed by atoms with Crippen LogP contribution in [0.1, 0.15) is 34.1 Å². The van der Waals surface area contributed by atoms with Crippen LogP contribution >= 0.6 is 11.8 Å². The fourth-order valence-electron chi connectivity index (χ4n) is 2.87. The first kappa shape index (κ1) is 17.6. The lowest BCUT2D eigenvalue weighted by molar-refractivity contribution is -0.101. The van der Waals surface area contributed by atoms with Crippen LogP contribution in [-0.2, 0) is 4.74 Å². The molecule has 0 radical (unpaired) electrons. The number of hydrogen-bond acceptors (Lipinski definition) is 5. The third kappa shape index (κ3) is 4.16. The molecule has 0 fully saturated rings. The zero-order chi connectivity index (χ0) is 16.2. The molecular weight excluding hydrogens is 296 g/mol. The SMILES string of the molecule is CCN(CCO)C(C)OC1(CC(C)C)Nc2ccccc2S1. The van der Waals surface area contributed by atoms with Crippen molar-refractivity contribution in [1.82, 2.24) is 4.90 Å². The minimum atomic E-state index is -0.430. The Bertz CT molecular complexity index is 456. The number of para-hydroxylation sites is 1. The van der Waals surface area contributed by atoms with Crippen molar-refractivity contribution in [3.05, 3.63) is 24.3 Å². The third-order valence-corrected chi connectivity index (χ3v) is 5.10. The van der Waals surface area contributed by atoms with Crippen LogP contribution in [0, 0.1) is 5.92 Å². The van der Waals surface area contributed by atoms with E-state index in [1.807, 2.05) is 6.07 Å². The number of rotatable bonds is 8. The average molecular weight is 324 g/mol. The molecular formula is C17H28N2O2S. The lowest BCUT2D eigenvalue weighted by atomic mass is 10.1. The van der Waals surface area contributed by atoms with Crippen molar-refractivity contribution < 1.29 is 9.84 Å². The van der Waals surface area contributed by atoms with E-state index >= 15 is 0 Å². The molecule has 0 aromatic heterocycles. The summed E-state index contributed by atoms with van der Waals surface area (Å²) in [7, 11) is 0. The standard InChI is InChI=1S/C17H28N2O2S/c1-5-19(10-11-20)14(4)21-17(12-13(2)3)18-15-8-6-7-9-16(15)22-17/h6-9,13-14,18,20H,5,10-12H2,1-4H3. The van der Waals surface area contributed by atoms with E-state index in [4.69, 9.17) is 4.74 Å². The molecule has 1 aliphatic heterocycles. The predicted octanol–water partition coefficient (Wildman–Crippen LogP) is 3.58. The van der Waals surface area contributed by atoms with Gasteiger partial charge in [-0.1, -0.05) is 44.7 Å². The maximum absolute atomic E-state index is 9.21. The van der Waals surface area contributed by atoms with Crippen molar-refractivity contribution in [1.29, 1.82) is 0 Å². The van der Waals surface area contributed by atoms with Crippen molar-refractivity contribution in [2.45, 2.75) is 50.3 Å². The van der Waals surface area contributed by atoms with Gasteiger partial charge in [-0.05, 0) is 31.5 Å². The lowest BCUT2D eigenvalue weighted by Gasteiger charge is -2.37. The van der Waals surface area contributed by atoms with Gasteiger partial charge in [0.05, 0.1) is 12.3 Å². The quantitative estimate of drug-likeness (QED) is 0.716. The highest BCUT2D eigenvalue weighted by atomic mass is 32.2. The normalized spacial score (nSPS) is 22.0. The molecule has 2 atom stereocenters. The maximum atomic E-state index is 9.21. The summed E-state index contributed by atoms with van der Waals surface area (Å²) >= 11 is 1.76. The van der Waals surface area contributed by atoms with E-state index in [9.17, 15) is 5.11 Å². The topological polar surface area (TPSA) is 44.7 Å². The molecule has 1 aromatic carbocycles. The Morgan fingerprint density at radius 3 is 2.64 bits per heavy atom. The van der Waals surface area contributed by atoms with Crippen LogP contribution in [0.15, 0.2) is 29.2 Å². The molecule has 1 heterocycles. The monoisotopic (exact) mass is 324 g/mol. The molecule has 124 valence electrons. The van der Waals surface area contributed by atoms with E-state index in [2.05, 4.69) is 56.1 Å².